The fraction of sp³-hybridized carbons (Fsp3) is 1.00. The Morgan fingerprint density at radius 3 is 1.88 bits per heavy atom. The van der Waals surface area contributed by atoms with Gasteiger partial charge in [0.25, 0.3) is 0 Å². The molecule has 0 amide bonds. The Labute approximate surface area is 107 Å². The van der Waals surface area contributed by atoms with Crippen molar-refractivity contribution in [3.05, 3.63) is 0 Å². The summed E-state index contributed by atoms with van der Waals surface area (Å²) in [6, 6.07) is 0. The average molecular weight is 242 g/mol. The molecule has 102 valence electrons. The lowest BCUT2D eigenvalue weighted by Gasteiger charge is -2.40. The van der Waals surface area contributed by atoms with Crippen LogP contribution >= 0.6 is 0 Å². The summed E-state index contributed by atoms with van der Waals surface area (Å²) >= 11 is 0. The summed E-state index contributed by atoms with van der Waals surface area (Å²) in [5, 5.41) is 11.0. The number of ether oxygens (including phenoxy) is 1. The summed E-state index contributed by atoms with van der Waals surface area (Å²) < 4.78 is 6.13. The number of rotatable bonds is 5. The maximum absolute atomic E-state index is 11.0. The van der Waals surface area contributed by atoms with Crippen LogP contribution < -0.4 is 0 Å². The highest BCUT2D eigenvalue weighted by molar-refractivity contribution is 5.03. The highest BCUT2D eigenvalue weighted by Crippen LogP contribution is 2.49. The molecule has 0 aromatic rings. The molecule has 2 nitrogen and oxygen atoms in total. The van der Waals surface area contributed by atoms with E-state index in [4.69, 9.17) is 4.74 Å². The third-order valence-corrected chi connectivity index (χ3v) is 4.09. The first-order valence-electron chi connectivity index (χ1n) is 7.09. The Kier molecular flexibility index (Phi) is 4.31. The van der Waals surface area contributed by atoms with Crippen LogP contribution in [0.15, 0.2) is 0 Å². The monoisotopic (exact) mass is 242 g/mol. The molecule has 1 N–H and O–H groups in total. The standard InChI is InChI=1S/C15H30O2/c1-7-9-15(16,10-8-2)12-11-13(3,4)17-14(12,5)6/h12,16H,7-11H2,1-6H3. The summed E-state index contributed by atoms with van der Waals surface area (Å²) in [6.07, 6.45) is 4.78. The predicted octanol–water partition coefficient (Wildman–Crippen LogP) is 3.91. The molecule has 0 spiro atoms. The van der Waals surface area contributed by atoms with Crippen molar-refractivity contribution in [1.82, 2.24) is 0 Å². The molecule has 0 saturated carbocycles. The molecule has 1 fully saturated rings. The molecule has 0 aliphatic carbocycles. The van der Waals surface area contributed by atoms with Crippen LogP contribution in [-0.4, -0.2) is 21.9 Å². The van der Waals surface area contributed by atoms with Gasteiger partial charge in [0, 0.05) is 5.92 Å². The molecule has 0 aromatic carbocycles. The van der Waals surface area contributed by atoms with Crippen molar-refractivity contribution in [1.29, 1.82) is 0 Å². The predicted molar refractivity (Wildman–Crippen MR) is 72.1 cm³/mol. The fourth-order valence-electron chi connectivity index (χ4n) is 3.74. The van der Waals surface area contributed by atoms with Crippen LogP contribution in [0.25, 0.3) is 0 Å². The summed E-state index contributed by atoms with van der Waals surface area (Å²) in [4.78, 5) is 0. The van der Waals surface area contributed by atoms with Crippen LogP contribution in [-0.2, 0) is 4.74 Å². The van der Waals surface area contributed by atoms with Gasteiger partial charge in [-0.05, 0) is 47.0 Å². The first-order chi connectivity index (χ1) is 7.67. The highest BCUT2D eigenvalue weighted by Gasteiger charge is 2.53. The molecule has 1 saturated heterocycles. The summed E-state index contributed by atoms with van der Waals surface area (Å²) in [7, 11) is 0. The van der Waals surface area contributed by atoms with E-state index in [1.54, 1.807) is 0 Å². The van der Waals surface area contributed by atoms with Crippen LogP contribution in [0.2, 0.25) is 0 Å². The molecular formula is C15H30O2. The van der Waals surface area contributed by atoms with Gasteiger partial charge >= 0.3 is 0 Å². The summed E-state index contributed by atoms with van der Waals surface area (Å²) in [5.74, 6) is 0.241. The van der Waals surface area contributed by atoms with Crippen LogP contribution in [0.1, 0.15) is 73.6 Å². The van der Waals surface area contributed by atoms with Crippen LogP contribution in [0.4, 0.5) is 0 Å². The van der Waals surface area contributed by atoms with Crippen molar-refractivity contribution in [2.45, 2.75) is 90.4 Å². The van der Waals surface area contributed by atoms with E-state index in [1.165, 1.54) is 0 Å². The lowest BCUT2D eigenvalue weighted by molar-refractivity contribution is -0.118. The van der Waals surface area contributed by atoms with Crippen LogP contribution in [0, 0.1) is 5.92 Å². The maximum atomic E-state index is 11.0. The average Bonchev–Trinajstić information content (AvgIpc) is 2.35. The van der Waals surface area contributed by atoms with Gasteiger partial charge in [0.15, 0.2) is 0 Å². The van der Waals surface area contributed by atoms with E-state index in [0.29, 0.717) is 0 Å². The highest BCUT2D eigenvalue weighted by atomic mass is 16.5. The van der Waals surface area contributed by atoms with Gasteiger partial charge in [0.2, 0.25) is 0 Å². The summed E-state index contributed by atoms with van der Waals surface area (Å²) in [6.45, 7) is 12.8. The van der Waals surface area contributed by atoms with Gasteiger partial charge in [0.1, 0.15) is 0 Å². The van der Waals surface area contributed by atoms with E-state index in [1.807, 2.05) is 0 Å². The molecule has 2 heteroatoms. The summed E-state index contributed by atoms with van der Waals surface area (Å²) in [5.41, 5.74) is -0.882. The van der Waals surface area contributed by atoms with Crippen molar-refractivity contribution in [3.63, 3.8) is 0 Å². The van der Waals surface area contributed by atoms with E-state index in [2.05, 4.69) is 41.5 Å². The molecule has 1 unspecified atom stereocenters. The van der Waals surface area contributed by atoms with Gasteiger partial charge in [-0.15, -0.1) is 0 Å². The molecule has 0 radical (unpaired) electrons. The first-order valence-corrected chi connectivity index (χ1v) is 7.09. The van der Waals surface area contributed by atoms with Gasteiger partial charge < -0.3 is 9.84 Å². The molecule has 1 atom stereocenters. The largest absolute Gasteiger partial charge is 0.389 e. The Bertz CT molecular complexity index is 250. The number of hydrogen-bond donors (Lipinski definition) is 1. The molecule has 1 aliphatic rings. The maximum Gasteiger partial charge on any atom is 0.0704 e. The van der Waals surface area contributed by atoms with Crippen molar-refractivity contribution < 1.29 is 9.84 Å². The van der Waals surface area contributed by atoms with E-state index >= 15 is 0 Å². The zero-order valence-electron chi connectivity index (χ0n) is 12.5. The minimum absolute atomic E-state index is 0.108. The normalized spacial score (nSPS) is 27.4. The topological polar surface area (TPSA) is 29.5 Å². The van der Waals surface area contributed by atoms with Crippen molar-refractivity contribution in [2.24, 2.45) is 5.92 Å². The zero-order chi connectivity index (χ0) is 13.3. The Hall–Kier alpha value is -0.0800. The second-order valence-corrected chi connectivity index (χ2v) is 6.83. The van der Waals surface area contributed by atoms with E-state index in [-0.39, 0.29) is 17.1 Å². The van der Waals surface area contributed by atoms with E-state index in [0.717, 1.165) is 32.1 Å². The van der Waals surface area contributed by atoms with Crippen molar-refractivity contribution in [2.75, 3.05) is 0 Å². The number of aliphatic hydroxyl groups is 1. The molecule has 17 heavy (non-hydrogen) atoms. The third kappa shape index (κ3) is 3.23. The second-order valence-electron chi connectivity index (χ2n) is 6.83. The molecule has 0 bridgehead atoms. The van der Waals surface area contributed by atoms with Crippen molar-refractivity contribution >= 4 is 0 Å². The molecule has 1 rings (SSSR count). The first kappa shape index (κ1) is 15.0. The Morgan fingerprint density at radius 2 is 1.59 bits per heavy atom. The zero-order valence-corrected chi connectivity index (χ0v) is 12.5. The Balaban J connectivity index is 2.94. The quantitative estimate of drug-likeness (QED) is 0.792. The molecule has 1 aliphatic heterocycles. The Morgan fingerprint density at radius 1 is 1.12 bits per heavy atom. The van der Waals surface area contributed by atoms with Gasteiger partial charge in [-0.3, -0.25) is 0 Å². The lowest BCUT2D eigenvalue weighted by atomic mass is 9.70. The molecule has 1 heterocycles. The minimum Gasteiger partial charge on any atom is -0.389 e. The molecular weight excluding hydrogens is 212 g/mol. The fourth-order valence-corrected chi connectivity index (χ4v) is 3.74. The van der Waals surface area contributed by atoms with Crippen molar-refractivity contribution in [3.8, 4) is 0 Å². The van der Waals surface area contributed by atoms with Crippen LogP contribution in [0.3, 0.4) is 0 Å². The van der Waals surface area contributed by atoms with Crippen LogP contribution in [0.5, 0.6) is 0 Å². The molecule has 0 aromatic heterocycles. The van der Waals surface area contributed by atoms with Gasteiger partial charge in [-0.1, -0.05) is 26.7 Å². The van der Waals surface area contributed by atoms with Gasteiger partial charge in [-0.2, -0.15) is 0 Å². The van der Waals surface area contributed by atoms with E-state index in [9.17, 15) is 5.11 Å². The second kappa shape index (κ2) is 4.89. The van der Waals surface area contributed by atoms with Gasteiger partial charge in [-0.25, -0.2) is 0 Å². The van der Waals surface area contributed by atoms with Gasteiger partial charge in [0.05, 0.1) is 16.8 Å². The smallest absolute Gasteiger partial charge is 0.0704 e. The number of hydrogen-bond acceptors (Lipinski definition) is 2. The van der Waals surface area contributed by atoms with E-state index < -0.39 is 5.60 Å². The lowest BCUT2D eigenvalue weighted by Crippen LogP contribution is -2.46. The minimum atomic E-state index is -0.555. The third-order valence-electron chi connectivity index (χ3n) is 4.09. The SMILES string of the molecule is CCCC(O)(CCC)C1CC(C)(C)OC1(C)C.